The molecule has 0 spiro atoms. The fraction of sp³-hybridized carbons (Fsp3) is 0.371. The van der Waals surface area contributed by atoms with Gasteiger partial charge in [-0.05, 0) is 68.2 Å². The zero-order valence-electron chi connectivity index (χ0n) is 24.5. The van der Waals surface area contributed by atoms with Crippen molar-refractivity contribution in [3.05, 3.63) is 100 Å². The Balaban J connectivity index is 1.25. The van der Waals surface area contributed by atoms with Crippen molar-refractivity contribution in [2.24, 2.45) is 0 Å². The molecular formula is C35H40FN3O2S. The number of hydrogen-bond donors (Lipinski definition) is 1. The largest absolute Gasteiger partial charge is 0.351 e. The molecule has 1 fully saturated rings. The fourth-order valence-corrected chi connectivity index (χ4v) is 6.97. The molecule has 5 nitrogen and oxygen atoms in total. The van der Waals surface area contributed by atoms with Gasteiger partial charge < -0.3 is 10.2 Å². The Morgan fingerprint density at radius 2 is 1.76 bits per heavy atom. The highest BCUT2D eigenvalue weighted by Gasteiger charge is 2.30. The minimum Gasteiger partial charge on any atom is -0.351 e. The quantitative estimate of drug-likeness (QED) is 0.248. The summed E-state index contributed by atoms with van der Waals surface area (Å²) in [5.74, 6) is -0.593. The molecule has 2 amide bonds. The number of hydrogen-bond acceptors (Lipinski definition) is 4. The van der Waals surface area contributed by atoms with Gasteiger partial charge in [0.25, 0.3) is 11.8 Å². The monoisotopic (exact) mass is 585 g/mol. The molecule has 0 aromatic heterocycles. The third-order valence-corrected chi connectivity index (χ3v) is 9.52. The van der Waals surface area contributed by atoms with Crippen molar-refractivity contribution in [3.63, 3.8) is 0 Å². The van der Waals surface area contributed by atoms with Crippen LogP contribution >= 0.6 is 11.8 Å². The normalized spacial score (nSPS) is 17.4. The van der Waals surface area contributed by atoms with Crippen LogP contribution in [0.5, 0.6) is 0 Å². The second-order valence-electron chi connectivity index (χ2n) is 11.2. The summed E-state index contributed by atoms with van der Waals surface area (Å²) in [5, 5.41) is 3.11. The summed E-state index contributed by atoms with van der Waals surface area (Å²) in [6.07, 6.45) is 9.38. The number of nitrogens with one attached hydrogen (secondary N) is 1. The number of nitrogens with zero attached hydrogens (tertiary/aromatic N) is 2. The maximum atomic E-state index is 14.5. The van der Waals surface area contributed by atoms with Gasteiger partial charge in [0.15, 0.2) is 0 Å². The number of anilines is 1. The van der Waals surface area contributed by atoms with E-state index in [2.05, 4.69) is 24.1 Å². The minimum absolute atomic E-state index is 0.0879. The predicted molar refractivity (Wildman–Crippen MR) is 170 cm³/mol. The van der Waals surface area contributed by atoms with E-state index in [1.165, 1.54) is 49.9 Å². The molecule has 1 atom stereocenters. The standard InChI is InChI=1S/C35H40FN3O2S/c1-3-25(2)38(29-12-5-4-6-13-29)22-21-37-34(40)27-19-17-26(18-20-27)23-33-35(41)39(24-28-11-7-8-14-30(28)36)31-15-9-10-16-32(31)42-33/h7-11,14-20,23,25,29H,3-6,12-13,21-22,24H2,1-2H3,(H,37,40)/b33-23+/t25-/m0/s1. The number of carbonyl (C=O) groups excluding carboxylic acids is 2. The van der Waals surface area contributed by atoms with Crippen molar-refractivity contribution in [3.8, 4) is 0 Å². The Morgan fingerprint density at radius 3 is 2.50 bits per heavy atom. The highest BCUT2D eigenvalue weighted by molar-refractivity contribution is 8.04. The Kier molecular flexibility index (Phi) is 10.1. The second-order valence-corrected chi connectivity index (χ2v) is 12.3. The molecule has 0 bridgehead atoms. The lowest BCUT2D eigenvalue weighted by Crippen LogP contribution is -2.46. The molecule has 1 heterocycles. The average Bonchev–Trinajstić information content (AvgIpc) is 3.02. The van der Waals surface area contributed by atoms with E-state index < -0.39 is 0 Å². The molecule has 1 N–H and O–H groups in total. The number of para-hydroxylation sites is 1. The first-order chi connectivity index (χ1) is 20.4. The van der Waals surface area contributed by atoms with E-state index in [9.17, 15) is 14.0 Å². The van der Waals surface area contributed by atoms with Crippen LogP contribution in [0.15, 0.2) is 82.6 Å². The number of benzene rings is 3. The van der Waals surface area contributed by atoms with Crippen molar-refractivity contribution in [2.45, 2.75) is 75.9 Å². The van der Waals surface area contributed by atoms with Crippen molar-refractivity contribution < 1.29 is 14.0 Å². The molecule has 1 aliphatic heterocycles. The second kappa shape index (κ2) is 14.2. The maximum absolute atomic E-state index is 14.5. The smallest absolute Gasteiger partial charge is 0.265 e. The van der Waals surface area contributed by atoms with Gasteiger partial charge in [0.1, 0.15) is 5.82 Å². The summed E-state index contributed by atoms with van der Waals surface area (Å²) in [7, 11) is 0. The number of halogens is 1. The van der Waals surface area contributed by atoms with Crippen LogP contribution in [-0.2, 0) is 11.3 Å². The lowest BCUT2D eigenvalue weighted by molar-refractivity contribution is -0.114. The number of amides is 2. The molecular weight excluding hydrogens is 545 g/mol. The summed E-state index contributed by atoms with van der Waals surface area (Å²) < 4.78 is 14.5. The SMILES string of the molecule is CC[C@H](C)N(CCNC(=O)c1ccc(/C=C2/Sc3ccccc3N(Cc3ccccc3F)C2=O)cc1)C1CCCCC1. The minimum atomic E-state index is -0.332. The van der Waals surface area contributed by atoms with E-state index in [0.717, 1.165) is 29.1 Å². The topological polar surface area (TPSA) is 52.7 Å². The van der Waals surface area contributed by atoms with Gasteiger partial charge in [-0.1, -0.05) is 80.4 Å². The first-order valence-corrected chi connectivity index (χ1v) is 15.9. The summed E-state index contributed by atoms with van der Waals surface area (Å²) in [6.45, 7) is 6.15. The average molecular weight is 586 g/mol. The van der Waals surface area contributed by atoms with E-state index in [1.807, 2.05) is 42.5 Å². The van der Waals surface area contributed by atoms with Crippen molar-refractivity contribution in [1.29, 1.82) is 0 Å². The summed E-state index contributed by atoms with van der Waals surface area (Å²) in [6, 6.07) is 22.7. The molecule has 220 valence electrons. The summed E-state index contributed by atoms with van der Waals surface area (Å²) >= 11 is 1.41. The van der Waals surface area contributed by atoms with Crippen LogP contribution in [-0.4, -0.2) is 41.9 Å². The van der Waals surface area contributed by atoms with Gasteiger partial charge >= 0.3 is 0 Å². The first kappa shape index (κ1) is 30.1. The molecule has 5 rings (SSSR count). The molecule has 1 saturated carbocycles. The molecule has 1 aliphatic carbocycles. The van der Waals surface area contributed by atoms with Gasteiger partial charge in [0, 0.05) is 41.2 Å². The number of thioether (sulfide) groups is 1. The molecule has 7 heteroatoms. The highest BCUT2D eigenvalue weighted by atomic mass is 32.2. The van der Waals surface area contributed by atoms with Gasteiger partial charge in [-0.3, -0.25) is 14.5 Å². The van der Waals surface area contributed by atoms with Crippen LogP contribution in [0.25, 0.3) is 6.08 Å². The van der Waals surface area contributed by atoms with Gasteiger partial charge in [0.2, 0.25) is 0 Å². The molecule has 2 aliphatic rings. The Morgan fingerprint density at radius 1 is 1.05 bits per heavy atom. The Labute approximate surface area is 253 Å². The Hall–Kier alpha value is -3.42. The third-order valence-electron chi connectivity index (χ3n) is 8.45. The number of fused-ring (bicyclic) bond motifs is 1. The van der Waals surface area contributed by atoms with Crippen molar-refractivity contribution in [1.82, 2.24) is 10.2 Å². The lowest BCUT2D eigenvalue weighted by Gasteiger charge is -2.38. The zero-order chi connectivity index (χ0) is 29.5. The van der Waals surface area contributed by atoms with E-state index in [1.54, 1.807) is 35.2 Å². The van der Waals surface area contributed by atoms with Crippen LogP contribution in [0.1, 0.15) is 73.9 Å². The molecule has 0 radical (unpaired) electrons. The van der Waals surface area contributed by atoms with Gasteiger partial charge in [-0.15, -0.1) is 0 Å². The molecule has 42 heavy (non-hydrogen) atoms. The van der Waals surface area contributed by atoms with E-state index in [4.69, 9.17) is 0 Å². The lowest BCUT2D eigenvalue weighted by atomic mass is 9.93. The van der Waals surface area contributed by atoms with Gasteiger partial charge in [-0.25, -0.2) is 4.39 Å². The zero-order valence-corrected chi connectivity index (χ0v) is 25.3. The van der Waals surface area contributed by atoms with Gasteiger partial charge in [0.05, 0.1) is 17.1 Å². The van der Waals surface area contributed by atoms with Gasteiger partial charge in [-0.2, -0.15) is 0 Å². The van der Waals surface area contributed by atoms with Crippen molar-refractivity contribution >= 4 is 35.3 Å². The third kappa shape index (κ3) is 7.13. The van der Waals surface area contributed by atoms with Crippen LogP contribution in [0.3, 0.4) is 0 Å². The van der Waals surface area contributed by atoms with E-state index >= 15 is 0 Å². The van der Waals surface area contributed by atoms with E-state index in [0.29, 0.717) is 34.7 Å². The summed E-state index contributed by atoms with van der Waals surface area (Å²) in [4.78, 5) is 32.2. The Bertz CT molecular complexity index is 1420. The molecule has 0 saturated heterocycles. The molecule has 0 unspecified atom stereocenters. The fourth-order valence-electron chi connectivity index (χ4n) is 5.91. The molecule has 3 aromatic rings. The van der Waals surface area contributed by atoms with Crippen LogP contribution in [0.2, 0.25) is 0 Å². The van der Waals surface area contributed by atoms with Crippen LogP contribution < -0.4 is 10.2 Å². The highest BCUT2D eigenvalue weighted by Crippen LogP contribution is 2.42. The maximum Gasteiger partial charge on any atom is 0.265 e. The number of rotatable bonds is 10. The van der Waals surface area contributed by atoms with E-state index in [-0.39, 0.29) is 24.2 Å². The van der Waals surface area contributed by atoms with Crippen LogP contribution in [0, 0.1) is 5.82 Å². The molecule has 3 aromatic carbocycles. The van der Waals surface area contributed by atoms with Crippen LogP contribution in [0.4, 0.5) is 10.1 Å². The predicted octanol–water partition coefficient (Wildman–Crippen LogP) is 7.67. The number of carbonyl (C=O) groups is 2. The van der Waals surface area contributed by atoms with Crippen molar-refractivity contribution in [2.75, 3.05) is 18.0 Å². The first-order valence-electron chi connectivity index (χ1n) is 15.1. The summed E-state index contributed by atoms with van der Waals surface area (Å²) in [5.41, 5.74) is 2.66.